The van der Waals surface area contributed by atoms with E-state index in [0.717, 1.165) is 25.8 Å². The Morgan fingerprint density at radius 1 is 1.11 bits per heavy atom. The number of likely N-dealkylation sites (tertiary alicyclic amines) is 1. The van der Waals surface area contributed by atoms with Crippen LogP contribution in [0.3, 0.4) is 0 Å². The first-order chi connectivity index (χ1) is 13.5. The van der Waals surface area contributed by atoms with Crippen LogP contribution < -0.4 is 10.6 Å². The summed E-state index contributed by atoms with van der Waals surface area (Å²) in [5.41, 5.74) is 1.05. The number of nitrogens with one attached hydrogen (secondary N) is 2. The summed E-state index contributed by atoms with van der Waals surface area (Å²) in [6.07, 6.45) is 8.45. The van der Waals surface area contributed by atoms with Gasteiger partial charge >= 0.3 is 6.03 Å². The van der Waals surface area contributed by atoms with Crippen molar-refractivity contribution in [1.82, 2.24) is 10.2 Å². The summed E-state index contributed by atoms with van der Waals surface area (Å²) in [5, 5.41) is 5.84. The molecule has 1 aliphatic carbocycles. The van der Waals surface area contributed by atoms with Crippen LogP contribution in [0.15, 0.2) is 18.2 Å². The molecule has 1 heterocycles. The van der Waals surface area contributed by atoms with E-state index in [0.29, 0.717) is 42.6 Å². The summed E-state index contributed by atoms with van der Waals surface area (Å²) >= 11 is 0. The van der Waals surface area contributed by atoms with E-state index in [1.807, 2.05) is 0 Å². The first-order valence-electron chi connectivity index (χ1n) is 10.6. The van der Waals surface area contributed by atoms with Crippen molar-refractivity contribution in [2.24, 2.45) is 11.8 Å². The SMILES string of the molecule is Cc1ccc(NC(=O)N2CCC(CCNC(=O)CC3CCCC3)CC2)cc1F. The van der Waals surface area contributed by atoms with Crippen LogP contribution in [-0.4, -0.2) is 36.5 Å². The van der Waals surface area contributed by atoms with Gasteiger partial charge in [0.15, 0.2) is 0 Å². The lowest BCUT2D eigenvalue weighted by Gasteiger charge is -2.32. The van der Waals surface area contributed by atoms with Crippen molar-refractivity contribution in [1.29, 1.82) is 0 Å². The van der Waals surface area contributed by atoms with E-state index < -0.39 is 0 Å². The Balaban J connectivity index is 1.32. The molecule has 2 fully saturated rings. The van der Waals surface area contributed by atoms with E-state index in [4.69, 9.17) is 0 Å². The smallest absolute Gasteiger partial charge is 0.321 e. The van der Waals surface area contributed by atoms with Gasteiger partial charge in [0.25, 0.3) is 0 Å². The van der Waals surface area contributed by atoms with E-state index in [9.17, 15) is 14.0 Å². The van der Waals surface area contributed by atoms with Gasteiger partial charge in [0.2, 0.25) is 5.91 Å². The summed E-state index contributed by atoms with van der Waals surface area (Å²) < 4.78 is 13.6. The summed E-state index contributed by atoms with van der Waals surface area (Å²) in [6, 6.07) is 4.57. The van der Waals surface area contributed by atoms with Crippen molar-refractivity contribution in [3.05, 3.63) is 29.6 Å². The Bertz CT molecular complexity index is 680. The molecule has 6 heteroatoms. The Morgan fingerprint density at radius 3 is 2.50 bits per heavy atom. The summed E-state index contributed by atoms with van der Waals surface area (Å²) in [6.45, 7) is 3.82. The highest BCUT2D eigenvalue weighted by atomic mass is 19.1. The average Bonchev–Trinajstić information content (AvgIpc) is 3.18. The molecule has 1 aromatic carbocycles. The van der Waals surface area contributed by atoms with E-state index in [1.54, 1.807) is 24.0 Å². The van der Waals surface area contributed by atoms with Crippen LogP contribution in [0, 0.1) is 24.6 Å². The topological polar surface area (TPSA) is 61.4 Å². The maximum absolute atomic E-state index is 13.6. The molecule has 3 amide bonds. The minimum atomic E-state index is -0.313. The summed E-state index contributed by atoms with van der Waals surface area (Å²) in [5.74, 6) is 0.997. The van der Waals surface area contributed by atoms with E-state index in [1.165, 1.54) is 31.7 Å². The van der Waals surface area contributed by atoms with Gasteiger partial charge in [0.1, 0.15) is 5.82 Å². The number of piperidine rings is 1. The van der Waals surface area contributed by atoms with Crippen molar-refractivity contribution in [2.75, 3.05) is 25.0 Å². The Kier molecular flexibility index (Phi) is 7.29. The maximum Gasteiger partial charge on any atom is 0.321 e. The van der Waals surface area contributed by atoms with Gasteiger partial charge in [-0.25, -0.2) is 9.18 Å². The lowest BCUT2D eigenvalue weighted by molar-refractivity contribution is -0.122. The normalized spacial score (nSPS) is 18.3. The molecular formula is C22H32FN3O2. The summed E-state index contributed by atoms with van der Waals surface area (Å²) in [7, 11) is 0. The third-order valence-electron chi connectivity index (χ3n) is 6.15. The molecule has 2 aliphatic rings. The zero-order valence-corrected chi connectivity index (χ0v) is 16.8. The molecule has 0 aromatic heterocycles. The van der Waals surface area contributed by atoms with Gasteiger partial charge in [-0.15, -0.1) is 0 Å². The van der Waals surface area contributed by atoms with Crippen molar-refractivity contribution < 1.29 is 14.0 Å². The molecule has 154 valence electrons. The fraction of sp³-hybridized carbons (Fsp3) is 0.636. The molecule has 1 aromatic rings. The van der Waals surface area contributed by atoms with E-state index in [-0.39, 0.29) is 17.8 Å². The first-order valence-corrected chi connectivity index (χ1v) is 10.6. The number of aryl methyl sites for hydroxylation is 1. The number of hydrogen-bond acceptors (Lipinski definition) is 2. The van der Waals surface area contributed by atoms with Crippen molar-refractivity contribution in [3.8, 4) is 0 Å². The molecule has 0 spiro atoms. The largest absolute Gasteiger partial charge is 0.356 e. The monoisotopic (exact) mass is 389 g/mol. The standard InChI is InChI=1S/C22H32FN3O2/c1-16-6-7-19(15-20(16)23)25-22(28)26-12-9-17(10-13-26)8-11-24-21(27)14-18-4-2-3-5-18/h6-7,15,17-18H,2-5,8-14H2,1H3,(H,24,27)(H,25,28). The van der Waals surface area contributed by atoms with Gasteiger partial charge in [0.05, 0.1) is 0 Å². The van der Waals surface area contributed by atoms with Crippen LogP contribution in [0.2, 0.25) is 0 Å². The molecule has 1 aliphatic heterocycles. The predicted molar refractivity (Wildman–Crippen MR) is 109 cm³/mol. The van der Waals surface area contributed by atoms with Crippen LogP contribution in [0.4, 0.5) is 14.9 Å². The quantitative estimate of drug-likeness (QED) is 0.754. The van der Waals surface area contributed by atoms with Gasteiger partial charge in [-0.05, 0) is 68.6 Å². The molecule has 0 atom stereocenters. The van der Waals surface area contributed by atoms with Gasteiger partial charge in [-0.2, -0.15) is 0 Å². The third-order valence-corrected chi connectivity index (χ3v) is 6.15. The highest BCUT2D eigenvalue weighted by Gasteiger charge is 2.23. The number of amides is 3. The minimum Gasteiger partial charge on any atom is -0.356 e. The van der Waals surface area contributed by atoms with Crippen LogP contribution in [0.1, 0.15) is 56.9 Å². The Hall–Kier alpha value is -2.11. The molecule has 1 saturated carbocycles. The number of carbonyl (C=O) groups excluding carboxylic acids is 2. The number of nitrogens with zero attached hydrogens (tertiary/aromatic N) is 1. The zero-order valence-electron chi connectivity index (χ0n) is 16.8. The molecule has 0 radical (unpaired) electrons. The van der Waals surface area contributed by atoms with Crippen LogP contribution >= 0.6 is 0 Å². The molecule has 28 heavy (non-hydrogen) atoms. The number of rotatable bonds is 6. The molecule has 1 saturated heterocycles. The van der Waals surface area contributed by atoms with E-state index in [2.05, 4.69) is 10.6 Å². The highest BCUT2D eigenvalue weighted by Crippen LogP contribution is 2.27. The second-order valence-electron chi connectivity index (χ2n) is 8.32. The Labute approximate surface area is 167 Å². The molecule has 3 rings (SSSR count). The van der Waals surface area contributed by atoms with Gasteiger partial charge in [-0.1, -0.05) is 18.9 Å². The van der Waals surface area contributed by atoms with Gasteiger partial charge in [-0.3, -0.25) is 4.79 Å². The first kappa shape index (κ1) is 20.6. The number of anilines is 1. The van der Waals surface area contributed by atoms with Crippen molar-refractivity contribution >= 4 is 17.6 Å². The number of carbonyl (C=O) groups is 2. The number of benzene rings is 1. The molecular weight excluding hydrogens is 357 g/mol. The van der Waals surface area contributed by atoms with Crippen molar-refractivity contribution in [3.63, 3.8) is 0 Å². The highest BCUT2D eigenvalue weighted by molar-refractivity contribution is 5.89. The molecule has 0 bridgehead atoms. The minimum absolute atomic E-state index is 0.174. The number of hydrogen-bond donors (Lipinski definition) is 2. The number of halogens is 1. The lowest BCUT2D eigenvalue weighted by atomic mass is 9.93. The van der Waals surface area contributed by atoms with Crippen LogP contribution in [0.25, 0.3) is 0 Å². The van der Waals surface area contributed by atoms with Gasteiger partial charge < -0.3 is 15.5 Å². The predicted octanol–water partition coefficient (Wildman–Crippen LogP) is 4.46. The summed E-state index contributed by atoms with van der Waals surface area (Å²) in [4.78, 5) is 26.2. The van der Waals surface area contributed by atoms with Gasteiger partial charge in [0, 0.05) is 31.7 Å². The molecule has 5 nitrogen and oxygen atoms in total. The zero-order chi connectivity index (χ0) is 19.9. The fourth-order valence-electron chi connectivity index (χ4n) is 4.26. The lowest BCUT2D eigenvalue weighted by Crippen LogP contribution is -2.41. The Morgan fingerprint density at radius 2 is 1.82 bits per heavy atom. The second kappa shape index (κ2) is 9.89. The fourth-order valence-corrected chi connectivity index (χ4v) is 4.26. The average molecular weight is 390 g/mol. The van der Waals surface area contributed by atoms with Crippen LogP contribution in [-0.2, 0) is 4.79 Å². The second-order valence-corrected chi connectivity index (χ2v) is 8.32. The van der Waals surface area contributed by atoms with Crippen molar-refractivity contribution in [2.45, 2.75) is 58.3 Å². The number of urea groups is 1. The maximum atomic E-state index is 13.6. The van der Waals surface area contributed by atoms with E-state index >= 15 is 0 Å². The van der Waals surface area contributed by atoms with Crippen LogP contribution in [0.5, 0.6) is 0 Å². The molecule has 0 unspecified atom stereocenters. The molecule has 2 N–H and O–H groups in total. The third kappa shape index (κ3) is 5.94.